The van der Waals surface area contributed by atoms with Crippen LogP contribution in [0, 0.1) is 20.8 Å². The molecule has 0 amide bonds. The molecule has 106 valence electrons. The zero-order chi connectivity index (χ0) is 14.9. The van der Waals surface area contributed by atoms with Crippen molar-refractivity contribution in [2.24, 2.45) is 5.73 Å². The van der Waals surface area contributed by atoms with Gasteiger partial charge in [-0.05, 0) is 55.7 Å². The lowest BCUT2D eigenvalue weighted by Gasteiger charge is -2.21. The Hall–Kier alpha value is -1.51. The van der Waals surface area contributed by atoms with E-state index in [2.05, 4.69) is 32.9 Å². The van der Waals surface area contributed by atoms with Gasteiger partial charge in [0.1, 0.15) is 5.75 Å². The fourth-order valence-corrected chi connectivity index (χ4v) is 2.97. The fraction of sp³-hybridized carbons (Fsp3) is 0.294. The SMILES string of the molecule is COc1ccc(Cl)cc1C(N)c1c(C)cc(C)cc1C. The highest BCUT2D eigenvalue weighted by molar-refractivity contribution is 6.30. The lowest BCUT2D eigenvalue weighted by molar-refractivity contribution is 0.408. The molecule has 20 heavy (non-hydrogen) atoms. The molecule has 0 aliphatic rings. The van der Waals surface area contributed by atoms with Crippen molar-refractivity contribution in [3.05, 3.63) is 63.2 Å². The van der Waals surface area contributed by atoms with E-state index in [0.717, 1.165) is 16.9 Å². The summed E-state index contributed by atoms with van der Waals surface area (Å²) < 4.78 is 5.41. The maximum absolute atomic E-state index is 6.47. The van der Waals surface area contributed by atoms with Crippen molar-refractivity contribution in [3.63, 3.8) is 0 Å². The third kappa shape index (κ3) is 2.82. The molecule has 2 nitrogen and oxygen atoms in total. The predicted molar refractivity (Wildman–Crippen MR) is 84.7 cm³/mol. The van der Waals surface area contributed by atoms with Crippen LogP contribution in [-0.4, -0.2) is 7.11 Å². The van der Waals surface area contributed by atoms with E-state index in [0.29, 0.717) is 5.02 Å². The van der Waals surface area contributed by atoms with Crippen molar-refractivity contribution in [2.45, 2.75) is 26.8 Å². The van der Waals surface area contributed by atoms with Crippen molar-refractivity contribution in [1.82, 2.24) is 0 Å². The first-order chi connectivity index (χ1) is 9.43. The van der Waals surface area contributed by atoms with E-state index >= 15 is 0 Å². The van der Waals surface area contributed by atoms with Crippen LogP contribution in [0.1, 0.15) is 33.9 Å². The quantitative estimate of drug-likeness (QED) is 0.913. The molecule has 0 radical (unpaired) electrons. The zero-order valence-electron chi connectivity index (χ0n) is 12.3. The number of ether oxygens (including phenoxy) is 1. The van der Waals surface area contributed by atoms with Gasteiger partial charge in [0, 0.05) is 10.6 Å². The van der Waals surface area contributed by atoms with Gasteiger partial charge >= 0.3 is 0 Å². The predicted octanol–water partition coefficient (Wildman–Crippen LogP) is 4.32. The fourth-order valence-electron chi connectivity index (χ4n) is 2.79. The van der Waals surface area contributed by atoms with Gasteiger partial charge in [-0.1, -0.05) is 29.3 Å². The molecule has 0 fully saturated rings. The van der Waals surface area contributed by atoms with Gasteiger partial charge in [-0.2, -0.15) is 0 Å². The van der Waals surface area contributed by atoms with Crippen LogP contribution in [0.2, 0.25) is 5.02 Å². The Bertz CT molecular complexity index is 614. The van der Waals surface area contributed by atoms with Gasteiger partial charge < -0.3 is 10.5 Å². The summed E-state index contributed by atoms with van der Waals surface area (Å²) in [5.41, 5.74) is 12.1. The molecule has 1 atom stereocenters. The van der Waals surface area contributed by atoms with Crippen LogP contribution in [0.5, 0.6) is 5.75 Å². The maximum Gasteiger partial charge on any atom is 0.124 e. The van der Waals surface area contributed by atoms with E-state index in [9.17, 15) is 0 Å². The van der Waals surface area contributed by atoms with E-state index < -0.39 is 0 Å². The first-order valence-corrected chi connectivity index (χ1v) is 6.98. The third-order valence-electron chi connectivity index (χ3n) is 3.58. The van der Waals surface area contributed by atoms with Gasteiger partial charge in [0.05, 0.1) is 13.2 Å². The molecule has 2 rings (SSSR count). The standard InChI is InChI=1S/C17H20ClNO/c1-10-7-11(2)16(12(3)8-10)17(19)14-9-13(18)5-6-15(14)20-4/h5-9,17H,19H2,1-4H3. The number of nitrogens with two attached hydrogens (primary N) is 1. The van der Waals surface area contributed by atoms with E-state index in [1.54, 1.807) is 7.11 Å². The molecule has 0 aromatic heterocycles. The smallest absolute Gasteiger partial charge is 0.124 e. The lowest BCUT2D eigenvalue weighted by Crippen LogP contribution is -2.16. The highest BCUT2D eigenvalue weighted by Crippen LogP contribution is 2.33. The second-order valence-electron chi connectivity index (χ2n) is 5.18. The highest BCUT2D eigenvalue weighted by Gasteiger charge is 2.18. The maximum atomic E-state index is 6.47. The van der Waals surface area contributed by atoms with Crippen molar-refractivity contribution < 1.29 is 4.74 Å². The average Bonchev–Trinajstić information content (AvgIpc) is 2.37. The van der Waals surface area contributed by atoms with Crippen molar-refractivity contribution in [2.75, 3.05) is 7.11 Å². The molecule has 2 aromatic rings. The molecule has 2 N–H and O–H groups in total. The minimum Gasteiger partial charge on any atom is -0.496 e. The topological polar surface area (TPSA) is 35.2 Å². The Kier molecular flexibility index (Phi) is 4.36. The van der Waals surface area contributed by atoms with Crippen LogP contribution in [-0.2, 0) is 0 Å². The molecule has 2 aromatic carbocycles. The van der Waals surface area contributed by atoms with Gasteiger partial charge in [0.2, 0.25) is 0 Å². The summed E-state index contributed by atoms with van der Waals surface area (Å²) in [5.74, 6) is 0.765. The summed E-state index contributed by atoms with van der Waals surface area (Å²) in [4.78, 5) is 0. The normalized spacial score (nSPS) is 12.3. The monoisotopic (exact) mass is 289 g/mol. The Balaban J connectivity index is 2.57. The van der Waals surface area contributed by atoms with Gasteiger partial charge in [-0.3, -0.25) is 0 Å². The van der Waals surface area contributed by atoms with E-state index in [-0.39, 0.29) is 6.04 Å². The minimum absolute atomic E-state index is 0.246. The van der Waals surface area contributed by atoms with E-state index in [4.69, 9.17) is 22.1 Å². The van der Waals surface area contributed by atoms with Gasteiger partial charge in [-0.15, -0.1) is 0 Å². The van der Waals surface area contributed by atoms with Crippen LogP contribution in [0.15, 0.2) is 30.3 Å². The number of aryl methyl sites for hydroxylation is 3. The molecule has 0 aliphatic carbocycles. The molecule has 0 spiro atoms. The Morgan fingerprint density at radius 2 is 1.65 bits per heavy atom. The number of hydrogen-bond acceptors (Lipinski definition) is 2. The summed E-state index contributed by atoms with van der Waals surface area (Å²) in [7, 11) is 1.65. The molecule has 0 aliphatic heterocycles. The Labute approximate surface area is 125 Å². The van der Waals surface area contributed by atoms with Crippen molar-refractivity contribution in [1.29, 1.82) is 0 Å². The lowest BCUT2D eigenvalue weighted by atomic mass is 9.90. The molecule has 0 bridgehead atoms. The van der Waals surface area contributed by atoms with Gasteiger partial charge in [-0.25, -0.2) is 0 Å². The molecular formula is C17H20ClNO. The molecule has 3 heteroatoms. The first kappa shape index (κ1) is 14.9. The van der Waals surface area contributed by atoms with Crippen LogP contribution < -0.4 is 10.5 Å². The summed E-state index contributed by atoms with van der Waals surface area (Å²) in [6.45, 7) is 6.27. The Morgan fingerprint density at radius 1 is 1.05 bits per heavy atom. The van der Waals surface area contributed by atoms with E-state index in [1.807, 2.05) is 18.2 Å². The molecule has 0 heterocycles. The van der Waals surface area contributed by atoms with Crippen LogP contribution in [0.25, 0.3) is 0 Å². The Morgan fingerprint density at radius 3 is 2.20 bits per heavy atom. The second-order valence-corrected chi connectivity index (χ2v) is 5.61. The number of rotatable bonds is 3. The molecule has 1 unspecified atom stereocenters. The van der Waals surface area contributed by atoms with Crippen LogP contribution in [0.3, 0.4) is 0 Å². The minimum atomic E-state index is -0.246. The van der Waals surface area contributed by atoms with Crippen molar-refractivity contribution >= 4 is 11.6 Å². The summed E-state index contributed by atoms with van der Waals surface area (Å²) in [5, 5.41) is 0.665. The number of benzene rings is 2. The number of methoxy groups -OCH3 is 1. The molecular weight excluding hydrogens is 270 g/mol. The highest BCUT2D eigenvalue weighted by atomic mass is 35.5. The largest absolute Gasteiger partial charge is 0.496 e. The van der Waals surface area contributed by atoms with Crippen molar-refractivity contribution in [3.8, 4) is 5.75 Å². The van der Waals surface area contributed by atoms with Gasteiger partial charge in [0.25, 0.3) is 0 Å². The summed E-state index contributed by atoms with van der Waals surface area (Å²) >= 11 is 6.10. The first-order valence-electron chi connectivity index (χ1n) is 6.60. The van der Waals surface area contributed by atoms with Gasteiger partial charge in [0.15, 0.2) is 0 Å². The molecule has 0 saturated carbocycles. The van der Waals surface area contributed by atoms with E-state index in [1.165, 1.54) is 16.7 Å². The number of hydrogen-bond donors (Lipinski definition) is 1. The van der Waals surface area contributed by atoms with Crippen LogP contribution >= 0.6 is 11.6 Å². The van der Waals surface area contributed by atoms with Crippen LogP contribution in [0.4, 0.5) is 0 Å². The molecule has 0 saturated heterocycles. The summed E-state index contributed by atoms with van der Waals surface area (Å²) in [6, 6.07) is 9.61. The average molecular weight is 290 g/mol. The number of halogens is 1. The second kappa shape index (κ2) is 5.86. The summed E-state index contributed by atoms with van der Waals surface area (Å²) in [6.07, 6.45) is 0. The third-order valence-corrected chi connectivity index (χ3v) is 3.81. The zero-order valence-corrected chi connectivity index (χ0v) is 13.1.